The zero-order valence-corrected chi connectivity index (χ0v) is 6.42. The maximum atomic E-state index is 9.07. The highest BCUT2D eigenvalue weighted by atomic mass is 16.5. The minimum Gasteiger partial charge on any atom is -0.377 e. The van der Waals surface area contributed by atoms with Crippen molar-refractivity contribution in [1.82, 2.24) is 5.06 Å². The predicted octanol–water partition coefficient (Wildman–Crippen LogP) is 0.876. The van der Waals surface area contributed by atoms with Crippen LogP contribution >= 0.6 is 0 Å². The molecule has 0 radical (unpaired) electrons. The smallest absolute Gasteiger partial charge is 0.0726 e. The number of hydrogen-bond donors (Lipinski definition) is 1. The third-order valence-electron chi connectivity index (χ3n) is 1.80. The van der Waals surface area contributed by atoms with Gasteiger partial charge in [0.1, 0.15) is 0 Å². The van der Waals surface area contributed by atoms with Gasteiger partial charge in [-0.05, 0) is 12.8 Å². The van der Waals surface area contributed by atoms with Gasteiger partial charge in [0.2, 0.25) is 0 Å². The molecular weight excluding hydrogens is 130 g/mol. The topological polar surface area (TPSA) is 32.7 Å². The van der Waals surface area contributed by atoms with E-state index >= 15 is 0 Å². The molecule has 0 aromatic rings. The maximum Gasteiger partial charge on any atom is 0.0726 e. The summed E-state index contributed by atoms with van der Waals surface area (Å²) in [5.74, 6) is 0. The van der Waals surface area contributed by atoms with Crippen LogP contribution in [0.5, 0.6) is 0 Å². The lowest BCUT2D eigenvalue weighted by Gasteiger charge is -2.16. The van der Waals surface area contributed by atoms with Gasteiger partial charge in [-0.3, -0.25) is 0 Å². The molecule has 1 saturated heterocycles. The lowest BCUT2D eigenvalue weighted by Crippen LogP contribution is -2.28. The van der Waals surface area contributed by atoms with Crippen LogP contribution in [0.4, 0.5) is 0 Å². The highest BCUT2D eigenvalue weighted by Gasteiger charge is 2.16. The predicted molar refractivity (Wildman–Crippen MR) is 38.0 cm³/mol. The monoisotopic (exact) mass is 145 g/mol. The van der Waals surface area contributed by atoms with E-state index in [1.54, 1.807) is 0 Å². The second kappa shape index (κ2) is 3.91. The average Bonchev–Trinajstić information content (AvgIpc) is 2.40. The molecule has 1 heterocycles. The first kappa shape index (κ1) is 7.98. The second-order valence-electron chi connectivity index (χ2n) is 2.64. The minimum absolute atomic E-state index is 0.268. The molecule has 0 aromatic carbocycles. The van der Waals surface area contributed by atoms with E-state index in [9.17, 15) is 0 Å². The average molecular weight is 145 g/mol. The Kier molecular flexibility index (Phi) is 3.12. The molecule has 1 fully saturated rings. The number of hydroxylamine groups is 2. The Morgan fingerprint density at radius 3 is 3.00 bits per heavy atom. The molecule has 0 aromatic heterocycles. The van der Waals surface area contributed by atoms with E-state index in [0.717, 1.165) is 19.4 Å². The van der Waals surface area contributed by atoms with Crippen molar-refractivity contribution < 1.29 is 9.94 Å². The summed E-state index contributed by atoms with van der Waals surface area (Å²) in [7, 11) is 0. The molecular formula is C7H15NO2. The first-order valence-corrected chi connectivity index (χ1v) is 3.88. The van der Waals surface area contributed by atoms with E-state index in [4.69, 9.17) is 9.94 Å². The van der Waals surface area contributed by atoms with Gasteiger partial charge in [-0.15, -0.1) is 0 Å². The van der Waals surface area contributed by atoms with Crippen LogP contribution in [-0.4, -0.2) is 36.1 Å². The fraction of sp³-hybridized carbons (Fsp3) is 1.00. The molecule has 1 N–H and O–H groups in total. The van der Waals surface area contributed by atoms with Gasteiger partial charge in [-0.2, -0.15) is 5.06 Å². The van der Waals surface area contributed by atoms with Crippen LogP contribution in [0.3, 0.4) is 0 Å². The Labute approximate surface area is 61.5 Å². The van der Waals surface area contributed by atoms with Crippen LogP contribution in [0.15, 0.2) is 0 Å². The van der Waals surface area contributed by atoms with Crippen molar-refractivity contribution in [3.63, 3.8) is 0 Å². The van der Waals surface area contributed by atoms with Crippen molar-refractivity contribution in [2.24, 2.45) is 0 Å². The molecule has 0 amide bonds. The van der Waals surface area contributed by atoms with Gasteiger partial charge in [-0.25, -0.2) is 0 Å². The van der Waals surface area contributed by atoms with Gasteiger partial charge < -0.3 is 9.94 Å². The lowest BCUT2D eigenvalue weighted by molar-refractivity contribution is -0.111. The Hall–Kier alpha value is -0.120. The molecule has 1 aliphatic rings. The van der Waals surface area contributed by atoms with E-state index in [1.165, 1.54) is 5.06 Å². The van der Waals surface area contributed by atoms with E-state index in [1.807, 2.05) is 6.92 Å². The Morgan fingerprint density at radius 2 is 2.50 bits per heavy atom. The summed E-state index contributed by atoms with van der Waals surface area (Å²) < 4.78 is 5.32. The van der Waals surface area contributed by atoms with Crippen LogP contribution in [0.25, 0.3) is 0 Å². The molecule has 0 aliphatic carbocycles. The van der Waals surface area contributed by atoms with Crippen molar-refractivity contribution in [2.75, 3.05) is 19.7 Å². The SMILES string of the molecule is CCN(O)CC1CCCO1. The van der Waals surface area contributed by atoms with Crippen LogP contribution in [-0.2, 0) is 4.74 Å². The standard InChI is InChI=1S/C7H15NO2/c1-2-8(9)6-7-4-3-5-10-7/h7,9H,2-6H2,1H3. The molecule has 60 valence electrons. The molecule has 10 heavy (non-hydrogen) atoms. The summed E-state index contributed by atoms with van der Waals surface area (Å²) in [6.07, 6.45) is 2.50. The molecule has 0 saturated carbocycles. The number of hydrogen-bond acceptors (Lipinski definition) is 3. The van der Waals surface area contributed by atoms with Crippen molar-refractivity contribution in [1.29, 1.82) is 0 Å². The van der Waals surface area contributed by atoms with E-state index in [-0.39, 0.29) is 6.10 Å². The molecule has 1 unspecified atom stereocenters. The van der Waals surface area contributed by atoms with Gasteiger partial charge in [0.25, 0.3) is 0 Å². The molecule has 0 bridgehead atoms. The van der Waals surface area contributed by atoms with E-state index < -0.39 is 0 Å². The van der Waals surface area contributed by atoms with Crippen molar-refractivity contribution in [3.8, 4) is 0 Å². The van der Waals surface area contributed by atoms with E-state index in [2.05, 4.69) is 0 Å². The van der Waals surface area contributed by atoms with Gasteiger partial charge in [-0.1, -0.05) is 6.92 Å². The summed E-state index contributed by atoms with van der Waals surface area (Å²) in [5, 5.41) is 10.4. The van der Waals surface area contributed by atoms with Crippen LogP contribution in [0.2, 0.25) is 0 Å². The largest absolute Gasteiger partial charge is 0.377 e. The Morgan fingerprint density at radius 1 is 1.70 bits per heavy atom. The van der Waals surface area contributed by atoms with Gasteiger partial charge in [0, 0.05) is 13.2 Å². The quantitative estimate of drug-likeness (QED) is 0.598. The molecule has 3 nitrogen and oxygen atoms in total. The van der Waals surface area contributed by atoms with Gasteiger partial charge in [0.05, 0.1) is 12.6 Å². The maximum absolute atomic E-state index is 9.07. The third kappa shape index (κ3) is 2.25. The Bertz CT molecular complexity index is 91.6. The van der Waals surface area contributed by atoms with Crippen LogP contribution < -0.4 is 0 Å². The molecule has 1 rings (SSSR count). The molecule has 3 heteroatoms. The van der Waals surface area contributed by atoms with Gasteiger partial charge in [0.15, 0.2) is 0 Å². The van der Waals surface area contributed by atoms with Crippen LogP contribution in [0, 0.1) is 0 Å². The van der Waals surface area contributed by atoms with Gasteiger partial charge >= 0.3 is 0 Å². The molecule has 1 aliphatic heterocycles. The number of nitrogens with zero attached hydrogens (tertiary/aromatic N) is 1. The summed E-state index contributed by atoms with van der Waals surface area (Å²) in [6.45, 7) is 4.13. The number of ether oxygens (including phenoxy) is 1. The van der Waals surface area contributed by atoms with Crippen molar-refractivity contribution in [2.45, 2.75) is 25.9 Å². The highest BCUT2D eigenvalue weighted by molar-refractivity contribution is 4.65. The third-order valence-corrected chi connectivity index (χ3v) is 1.80. The lowest BCUT2D eigenvalue weighted by atomic mass is 10.2. The fourth-order valence-corrected chi connectivity index (χ4v) is 1.15. The fourth-order valence-electron chi connectivity index (χ4n) is 1.15. The molecule has 0 spiro atoms. The number of likely N-dealkylation sites (N-methyl/N-ethyl adjacent to an activating group) is 1. The normalized spacial score (nSPS) is 26.1. The highest BCUT2D eigenvalue weighted by Crippen LogP contribution is 2.12. The van der Waals surface area contributed by atoms with E-state index in [0.29, 0.717) is 13.1 Å². The van der Waals surface area contributed by atoms with Crippen molar-refractivity contribution in [3.05, 3.63) is 0 Å². The first-order valence-electron chi connectivity index (χ1n) is 3.88. The Balaban J connectivity index is 2.11. The summed E-state index contributed by atoms with van der Waals surface area (Å²) >= 11 is 0. The summed E-state index contributed by atoms with van der Waals surface area (Å²) in [5.41, 5.74) is 0. The first-order chi connectivity index (χ1) is 4.83. The van der Waals surface area contributed by atoms with Crippen LogP contribution in [0.1, 0.15) is 19.8 Å². The molecule has 1 atom stereocenters. The summed E-state index contributed by atoms with van der Waals surface area (Å²) in [4.78, 5) is 0. The zero-order valence-electron chi connectivity index (χ0n) is 6.42. The minimum atomic E-state index is 0.268. The second-order valence-corrected chi connectivity index (χ2v) is 2.64. The summed E-state index contributed by atoms with van der Waals surface area (Å²) in [6, 6.07) is 0. The number of rotatable bonds is 3. The van der Waals surface area contributed by atoms with Crippen molar-refractivity contribution >= 4 is 0 Å². The zero-order chi connectivity index (χ0) is 7.40.